The Balaban J connectivity index is 2.13. The van der Waals surface area contributed by atoms with E-state index < -0.39 is 17.6 Å². The number of halogens is 5. The fourth-order valence-corrected chi connectivity index (χ4v) is 3.38. The number of methoxy groups -OCH3 is 1. The molecule has 2 heterocycles. The van der Waals surface area contributed by atoms with Gasteiger partial charge in [-0.25, -0.2) is 0 Å². The summed E-state index contributed by atoms with van der Waals surface area (Å²) >= 11 is 12.1. The Morgan fingerprint density at radius 2 is 1.89 bits per heavy atom. The Labute approximate surface area is 165 Å². The number of anilines is 1. The van der Waals surface area contributed by atoms with Gasteiger partial charge in [0.2, 0.25) is 5.91 Å². The smallest absolute Gasteiger partial charge is 0.375 e. The number of hydrogen-bond acceptors (Lipinski definition) is 4. The quantitative estimate of drug-likeness (QED) is 0.772. The van der Waals surface area contributed by atoms with Crippen LogP contribution in [0.25, 0.3) is 10.9 Å². The summed E-state index contributed by atoms with van der Waals surface area (Å²) in [5.41, 5.74) is -0.0909. The third kappa shape index (κ3) is 3.54. The summed E-state index contributed by atoms with van der Waals surface area (Å²) in [5.74, 6) is -2.58. The first-order valence-electron chi connectivity index (χ1n) is 7.75. The molecule has 2 N–H and O–H groups in total. The number of amides is 2. The summed E-state index contributed by atoms with van der Waals surface area (Å²) in [7, 11) is 1.35. The molecule has 1 aromatic heterocycles. The van der Waals surface area contributed by atoms with Crippen LogP contribution in [-0.4, -0.2) is 41.6 Å². The van der Waals surface area contributed by atoms with E-state index in [2.05, 4.69) is 4.98 Å². The normalized spacial score (nSPS) is 13.7. The molecule has 1 aliphatic heterocycles. The molecule has 0 radical (unpaired) electrons. The highest BCUT2D eigenvalue weighted by molar-refractivity contribution is 6.47. The molecule has 1 aromatic carbocycles. The minimum absolute atomic E-state index is 0.00723. The number of aromatic amines is 1. The number of hydrogen-bond donors (Lipinski definition) is 2. The van der Waals surface area contributed by atoms with Crippen molar-refractivity contribution in [1.29, 1.82) is 0 Å². The highest BCUT2D eigenvalue weighted by atomic mass is 35.5. The van der Waals surface area contributed by atoms with Crippen LogP contribution in [0.3, 0.4) is 0 Å². The summed E-state index contributed by atoms with van der Waals surface area (Å²) in [6.45, 7) is -0.154. The van der Waals surface area contributed by atoms with E-state index >= 15 is 0 Å². The fraction of sp³-hybridized carbons (Fsp3) is 0.312. The SMILES string of the molecule is COCC(=O)N1Cc2c(c3cc(NC(=O)C(F)(F)F)c(Cl)c(Cl)c3[nH]c2=O)C1. The molecule has 28 heavy (non-hydrogen) atoms. The molecule has 1 aliphatic rings. The van der Waals surface area contributed by atoms with Gasteiger partial charge in [0.25, 0.3) is 5.56 Å². The molecule has 0 fully saturated rings. The maximum atomic E-state index is 12.6. The first kappa shape index (κ1) is 20.4. The van der Waals surface area contributed by atoms with Gasteiger partial charge >= 0.3 is 12.1 Å². The number of H-pyrrole nitrogens is 1. The van der Waals surface area contributed by atoms with Crippen molar-refractivity contribution < 1.29 is 27.5 Å². The zero-order valence-corrected chi connectivity index (χ0v) is 15.7. The van der Waals surface area contributed by atoms with Gasteiger partial charge in [0.15, 0.2) is 0 Å². The van der Waals surface area contributed by atoms with Crippen molar-refractivity contribution in [3.05, 3.63) is 37.6 Å². The van der Waals surface area contributed by atoms with Gasteiger partial charge in [-0.15, -0.1) is 0 Å². The van der Waals surface area contributed by atoms with Crippen LogP contribution >= 0.6 is 23.2 Å². The number of carbonyl (C=O) groups excluding carboxylic acids is 2. The number of rotatable bonds is 3. The molecule has 0 saturated heterocycles. The lowest BCUT2D eigenvalue weighted by molar-refractivity contribution is -0.167. The molecule has 3 rings (SSSR count). The van der Waals surface area contributed by atoms with Crippen molar-refractivity contribution in [3.63, 3.8) is 0 Å². The topological polar surface area (TPSA) is 91.5 Å². The molecule has 0 saturated carbocycles. The van der Waals surface area contributed by atoms with Crippen molar-refractivity contribution in [2.75, 3.05) is 19.0 Å². The Kier molecular flexibility index (Phi) is 5.30. The number of alkyl halides is 3. The largest absolute Gasteiger partial charge is 0.471 e. The molecule has 7 nitrogen and oxygen atoms in total. The van der Waals surface area contributed by atoms with Gasteiger partial charge in [0.1, 0.15) is 6.61 Å². The van der Waals surface area contributed by atoms with Gasteiger partial charge in [-0.1, -0.05) is 23.2 Å². The second-order valence-electron chi connectivity index (χ2n) is 6.02. The third-order valence-corrected chi connectivity index (χ3v) is 5.10. The molecule has 2 amide bonds. The highest BCUT2D eigenvalue weighted by Gasteiger charge is 2.39. The van der Waals surface area contributed by atoms with Crippen molar-refractivity contribution in [2.24, 2.45) is 0 Å². The van der Waals surface area contributed by atoms with Crippen molar-refractivity contribution >= 4 is 51.6 Å². The molecule has 0 spiro atoms. The Morgan fingerprint density at radius 3 is 2.50 bits per heavy atom. The van der Waals surface area contributed by atoms with Crippen LogP contribution in [0.4, 0.5) is 18.9 Å². The van der Waals surface area contributed by atoms with Crippen LogP contribution in [0.2, 0.25) is 10.0 Å². The Hall–Kier alpha value is -2.30. The van der Waals surface area contributed by atoms with E-state index in [0.717, 1.165) is 0 Å². The van der Waals surface area contributed by atoms with E-state index in [4.69, 9.17) is 27.9 Å². The number of carbonyl (C=O) groups is 2. The van der Waals surface area contributed by atoms with Gasteiger partial charge in [-0.3, -0.25) is 14.4 Å². The van der Waals surface area contributed by atoms with Crippen LogP contribution in [0, 0.1) is 0 Å². The van der Waals surface area contributed by atoms with Crippen molar-refractivity contribution in [1.82, 2.24) is 9.88 Å². The van der Waals surface area contributed by atoms with Crippen LogP contribution in [-0.2, 0) is 27.4 Å². The van der Waals surface area contributed by atoms with Gasteiger partial charge in [-0.05, 0) is 11.6 Å². The van der Waals surface area contributed by atoms with Gasteiger partial charge in [0, 0.05) is 24.6 Å². The summed E-state index contributed by atoms with van der Waals surface area (Å²) in [6.07, 6.45) is -5.12. The van der Waals surface area contributed by atoms with E-state index in [1.165, 1.54) is 18.1 Å². The molecule has 12 heteroatoms. The minimum Gasteiger partial charge on any atom is -0.375 e. The lowest BCUT2D eigenvalue weighted by Gasteiger charge is -2.15. The van der Waals surface area contributed by atoms with Gasteiger partial charge in [0.05, 0.1) is 27.8 Å². The number of aromatic nitrogens is 1. The Morgan fingerprint density at radius 1 is 1.25 bits per heavy atom. The van der Waals surface area contributed by atoms with Gasteiger partial charge in [-0.2, -0.15) is 13.2 Å². The average Bonchev–Trinajstić information content (AvgIpc) is 3.06. The third-order valence-electron chi connectivity index (χ3n) is 4.23. The highest BCUT2D eigenvalue weighted by Crippen LogP contribution is 2.39. The maximum absolute atomic E-state index is 12.6. The number of nitrogens with zero attached hydrogens (tertiary/aromatic N) is 1. The average molecular weight is 438 g/mol. The minimum atomic E-state index is -5.12. The maximum Gasteiger partial charge on any atom is 0.471 e. The van der Waals surface area contributed by atoms with E-state index in [1.807, 2.05) is 0 Å². The number of fused-ring (bicyclic) bond motifs is 3. The summed E-state index contributed by atoms with van der Waals surface area (Å²) in [6, 6.07) is 1.19. The molecule has 0 unspecified atom stereocenters. The summed E-state index contributed by atoms with van der Waals surface area (Å²) in [5, 5.41) is 1.36. The number of nitrogens with one attached hydrogen (secondary N) is 2. The van der Waals surface area contributed by atoms with Crippen LogP contribution < -0.4 is 10.9 Å². The van der Waals surface area contributed by atoms with Crippen LogP contribution in [0.1, 0.15) is 11.1 Å². The zero-order chi connectivity index (χ0) is 20.8. The molecular formula is C16H12Cl2F3N3O4. The van der Waals surface area contributed by atoms with Crippen LogP contribution in [0.15, 0.2) is 10.9 Å². The zero-order valence-electron chi connectivity index (χ0n) is 14.2. The first-order chi connectivity index (χ1) is 13.0. The second kappa shape index (κ2) is 7.26. The molecule has 150 valence electrons. The fourth-order valence-electron chi connectivity index (χ4n) is 2.94. The monoisotopic (exact) mass is 437 g/mol. The predicted octanol–water partition coefficient (Wildman–Crippen LogP) is 2.82. The summed E-state index contributed by atoms with van der Waals surface area (Å²) < 4.78 is 42.5. The van der Waals surface area contributed by atoms with Crippen molar-refractivity contribution in [3.8, 4) is 0 Å². The first-order valence-corrected chi connectivity index (χ1v) is 8.50. The lowest BCUT2D eigenvalue weighted by Crippen LogP contribution is -2.30. The van der Waals surface area contributed by atoms with E-state index in [0.29, 0.717) is 5.56 Å². The molecular weight excluding hydrogens is 426 g/mol. The molecule has 0 atom stereocenters. The standard InChI is InChI=1S/C16H12Cl2F3N3O4/c1-28-5-10(25)24-3-7-6-2-9(22-15(27)16(19,20)21)11(17)12(18)13(6)23-14(26)8(7)4-24/h2H,3-5H2,1H3,(H,22,27)(H,23,26). The van der Waals surface area contributed by atoms with E-state index in [1.54, 1.807) is 5.32 Å². The van der Waals surface area contributed by atoms with E-state index in [9.17, 15) is 27.6 Å². The van der Waals surface area contributed by atoms with Gasteiger partial charge < -0.3 is 19.9 Å². The van der Waals surface area contributed by atoms with E-state index in [-0.39, 0.29) is 57.8 Å². The lowest BCUT2D eigenvalue weighted by atomic mass is 10.0. The molecule has 2 aromatic rings. The number of ether oxygens (including phenoxy) is 1. The number of benzene rings is 1. The van der Waals surface area contributed by atoms with Crippen molar-refractivity contribution in [2.45, 2.75) is 19.3 Å². The second-order valence-corrected chi connectivity index (χ2v) is 6.78. The van der Waals surface area contributed by atoms with Crippen LogP contribution in [0.5, 0.6) is 0 Å². The Bertz CT molecular complexity index is 1050. The molecule has 0 aliphatic carbocycles. The molecule has 0 bridgehead atoms. The number of pyridine rings is 1. The summed E-state index contributed by atoms with van der Waals surface area (Å²) in [4.78, 5) is 39.6. The predicted molar refractivity (Wildman–Crippen MR) is 95.4 cm³/mol.